The van der Waals surface area contributed by atoms with E-state index in [1.54, 1.807) is 0 Å². The van der Waals surface area contributed by atoms with Crippen molar-refractivity contribution in [3.8, 4) is 0 Å². The van der Waals surface area contributed by atoms with E-state index in [1.807, 2.05) is 0 Å². The van der Waals surface area contributed by atoms with Crippen molar-refractivity contribution in [3.63, 3.8) is 0 Å². The Kier molecular flexibility index (Phi) is 9.29. The minimum absolute atomic E-state index is 0. The molecule has 0 saturated carbocycles. The third-order valence-electron chi connectivity index (χ3n) is 8.13. The molecule has 0 amide bonds. The van der Waals surface area contributed by atoms with Gasteiger partial charge < -0.3 is 0 Å². The fourth-order valence-corrected chi connectivity index (χ4v) is 43.4. The van der Waals surface area contributed by atoms with Crippen molar-refractivity contribution in [1.82, 2.24) is 0 Å². The van der Waals surface area contributed by atoms with Crippen LogP contribution in [0.25, 0.3) is 0 Å². The van der Waals surface area contributed by atoms with Gasteiger partial charge in [-0.15, -0.1) is 0 Å². The van der Waals surface area contributed by atoms with Crippen LogP contribution in [0.15, 0.2) is 182 Å². The molecule has 0 radical (unpaired) electrons. The Bertz CT molecular complexity index is 1280. The number of hydrogen-bond donors (Lipinski definition) is 0. The molecule has 0 heterocycles. The van der Waals surface area contributed by atoms with Crippen molar-refractivity contribution >= 4 is 54.3 Å². The van der Waals surface area contributed by atoms with Gasteiger partial charge in [0.25, 0.3) is 0 Å². The van der Waals surface area contributed by atoms with Crippen LogP contribution in [0, 0.1) is 0 Å². The molecule has 0 saturated heterocycles. The van der Waals surface area contributed by atoms with Gasteiger partial charge in [-0.25, -0.2) is 0 Å². The quantitative estimate of drug-likeness (QED) is 0.160. The molecule has 0 aliphatic rings. The average Bonchev–Trinajstić information content (AvgIpc) is 3.04. The summed E-state index contributed by atoms with van der Waals surface area (Å²) < 4.78 is 0. The summed E-state index contributed by atoms with van der Waals surface area (Å²) >= 11 is 0. The van der Waals surface area contributed by atoms with Crippen LogP contribution in [0.1, 0.15) is 0 Å². The molecule has 0 spiro atoms. The Balaban J connectivity index is 0.00000323. The summed E-state index contributed by atoms with van der Waals surface area (Å²) in [6.45, 7) is -4.81. The maximum atomic E-state index is 2.42. The predicted octanol–water partition coefficient (Wildman–Crippen LogP) is 5.44. The Morgan fingerprint density at radius 2 is 0.400 bits per heavy atom. The molecule has 0 bridgehead atoms. The van der Waals surface area contributed by atoms with Crippen LogP contribution in [0.3, 0.4) is 0 Å². The molecule has 4 heteroatoms. The molecule has 0 nitrogen and oxygen atoms in total. The van der Waals surface area contributed by atoms with Crippen LogP contribution < -0.4 is 31.8 Å². The van der Waals surface area contributed by atoms with Gasteiger partial charge in [0.05, 0.1) is 0 Å². The summed E-state index contributed by atoms with van der Waals surface area (Å²) in [7, 11) is -0.886. The van der Waals surface area contributed by atoms with Crippen molar-refractivity contribution < 1.29 is 17.4 Å². The van der Waals surface area contributed by atoms with Gasteiger partial charge >= 0.3 is 236 Å². The summed E-state index contributed by atoms with van der Waals surface area (Å²) in [5.41, 5.74) is 0. The normalized spacial score (nSPS) is 12.5. The standard InChI is InChI=1S/C36H34P2Si.Cr/c1-7-19-31(20-8-1)37(32-21-9-2-10-22-32,33-23-11-3-12-24-33)39-38(34-25-13-4-14-26-34,35-27-15-5-16-28-35)36-29-17-6-18-30-36;/h1-30,37-38H,39H2;. The van der Waals surface area contributed by atoms with Gasteiger partial charge in [0.2, 0.25) is 0 Å². The molecule has 0 fully saturated rings. The first-order valence-electron chi connectivity index (χ1n) is 13.7. The van der Waals surface area contributed by atoms with Gasteiger partial charge in [0, 0.05) is 17.4 Å². The zero-order valence-corrected chi connectivity index (χ0v) is 27.1. The van der Waals surface area contributed by atoms with Crippen LogP contribution in [-0.2, 0) is 17.4 Å². The fourth-order valence-electron chi connectivity index (χ4n) is 6.35. The van der Waals surface area contributed by atoms with Gasteiger partial charge in [0.1, 0.15) is 0 Å². The van der Waals surface area contributed by atoms with Crippen molar-refractivity contribution in [2.75, 3.05) is 0 Å². The van der Waals surface area contributed by atoms with Gasteiger partial charge in [0.15, 0.2) is 0 Å². The Morgan fingerprint density at radius 3 is 0.550 bits per heavy atom. The minimum atomic E-state index is -2.41. The van der Waals surface area contributed by atoms with Crippen molar-refractivity contribution in [3.05, 3.63) is 182 Å². The monoisotopic (exact) mass is 608 g/mol. The Labute approximate surface area is 252 Å². The molecule has 0 N–H and O–H groups in total. The van der Waals surface area contributed by atoms with E-state index in [2.05, 4.69) is 182 Å². The van der Waals surface area contributed by atoms with Crippen LogP contribution in [0.5, 0.6) is 0 Å². The van der Waals surface area contributed by atoms with Crippen LogP contribution in [-0.4, -0.2) is 8.85 Å². The van der Waals surface area contributed by atoms with E-state index in [0.29, 0.717) is 0 Å². The Morgan fingerprint density at radius 1 is 0.250 bits per heavy atom. The first-order chi connectivity index (χ1) is 19.3. The SMILES string of the molecule is [Cr].c1ccc([PH]([SiH2][PH](c2ccccc2)(c2ccccc2)c2ccccc2)(c2ccccc2)c2ccccc2)cc1. The van der Waals surface area contributed by atoms with E-state index in [9.17, 15) is 0 Å². The van der Waals surface area contributed by atoms with Gasteiger partial charge in [-0.2, -0.15) is 0 Å². The molecule has 0 aliphatic carbocycles. The van der Waals surface area contributed by atoms with Crippen LogP contribution in [0.2, 0.25) is 0 Å². The summed E-state index contributed by atoms with van der Waals surface area (Å²) in [5, 5.41) is 9.13. The van der Waals surface area contributed by atoms with E-state index in [-0.39, 0.29) is 17.4 Å². The average molecular weight is 609 g/mol. The summed E-state index contributed by atoms with van der Waals surface area (Å²) in [6.07, 6.45) is 0. The van der Waals surface area contributed by atoms with Crippen molar-refractivity contribution in [1.29, 1.82) is 0 Å². The zero-order chi connectivity index (χ0) is 26.4. The van der Waals surface area contributed by atoms with E-state index >= 15 is 0 Å². The molecule has 198 valence electrons. The second-order valence-electron chi connectivity index (χ2n) is 10.2. The summed E-state index contributed by atoms with van der Waals surface area (Å²) in [5.74, 6) is 0. The number of rotatable bonds is 8. The van der Waals surface area contributed by atoms with E-state index in [4.69, 9.17) is 0 Å². The van der Waals surface area contributed by atoms with Gasteiger partial charge in [-0.05, 0) is 0 Å². The predicted molar refractivity (Wildman–Crippen MR) is 182 cm³/mol. The third kappa shape index (κ3) is 5.32. The van der Waals surface area contributed by atoms with Crippen LogP contribution in [0.4, 0.5) is 0 Å². The van der Waals surface area contributed by atoms with Crippen molar-refractivity contribution in [2.45, 2.75) is 0 Å². The van der Waals surface area contributed by atoms with E-state index in [1.165, 1.54) is 31.8 Å². The van der Waals surface area contributed by atoms with Crippen LogP contribution >= 0.6 is 13.6 Å². The number of hydrogen-bond acceptors (Lipinski definition) is 0. The second-order valence-corrected chi connectivity index (χ2v) is 28.2. The van der Waals surface area contributed by atoms with E-state index in [0.717, 1.165) is 0 Å². The molecular weight excluding hydrogens is 574 g/mol. The Hall–Kier alpha value is -3.07. The fraction of sp³-hybridized carbons (Fsp3) is 0. The molecule has 40 heavy (non-hydrogen) atoms. The maximum absolute atomic E-state index is 2.42. The first kappa shape index (κ1) is 28.5. The molecule has 0 atom stereocenters. The summed E-state index contributed by atoms with van der Waals surface area (Å²) in [4.78, 5) is 0. The zero-order valence-electron chi connectivity index (χ0n) is 22.4. The summed E-state index contributed by atoms with van der Waals surface area (Å²) in [6, 6.07) is 68.9. The van der Waals surface area contributed by atoms with Gasteiger partial charge in [-0.1, -0.05) is 0 Å². The van der Waals surface area contributed by atoms with Gasteiger partial charge in [-0.3, -0.25) is 0 Å². The molecular formula is C36H34CrP2Si. The molecule has 6 aromatic rings. The molecule has 0 aromatic heterocycles. The second kappa shape index (κ2) is 13.1. The third-order valence-corrected chi connectivity index (χ3v) is 37.2. The first-order valence-corrected chi connectivity index (χ1v) is 22.3. The van der Waals surface area contributed by atoms with E-state index < -0.39 is 22.5 Å². The molecule has 0 aliphatic heterocycles. The molecule has 6 aromatic carbocycles. The molecule has 0 unspecified atom stereocenters. The number of benzene rings is 6. The topological polar surface area (TPSA) is 0 Å². The van der Waals surface area contributed by atoms with Crippen molar-refractivity contribution in [2.24, 2.45) is 0 Å². The molecule has 6 rings (SSSR count).